The van der Waals surface area contributed by atoms with E-state index in [0.717, 1.165) is 5.56 Å². The van der Waals surface area contributed by atoms with Gasteiger partial charge in [0.1, 0.15) is 5.69 Å². The summed E-state index contributed by atoms with van der Waals surface area (Å²) in [6.45, 7) is 0. The van der Waals surface area contributed by atoms with Gasteiger partial charge in [-0.2, -0.15) is 5.10 Å². The topological polar surface area (TPSA) is 72.1 Å². The number of nitrogens with one attached hydrogen (secondary N) is 1. The fourth-order valence-corrected chi connectivity index (χ4v) is 1.48. The van der Waals surface area contributed by atoms with Gasteiger partial charge in [-0.15, -0.1) is 0 Å². The molecule has 1 aromatic heterocycles. The minimum absolute atomic E-state index is 0.155. The number of esters is 1. The zero-order valence-corrected chi connectivity index (χ0v) is 9.14. The van der Waals surface area contributed by atoms with E-state index in [1.54, 1.807) is 12.1 Å². The molecule has 86 valence electrons. The smallest absolute Gasteiger partial charge is 0.340 e. The normalized spacial score (nSPS) is 9.94. The lowest BCUT2D eigenvalue weighted by Crippen LogP contribution is -2.14. The van der Waals surface area contributed by atoms with Crippen molar-refractivity contribution >= 4 is 5.97 Å². The molecule has 0 fully saturated rings. The molecule has 0 bridgehead atoms. The predicted molar refractivity (Wildman–Crippen MR) is 61.6 cm³/mol. The number of hydrogen-bond acceptors (Lipinski definition) is 4. The molecular formula is C12H10N2O3. The van der Waals surface area contributed by atoms with Crippen molar-refractivity contribution in [3.63, 3.8) is 0 Å². The first kappa shape index (κ1) is 11.1. The number of aromatic nitrogens is 2. The van der Waals surface area contributed by atoms with Crippen molar-refractivity contribution in [1.29, 1.82) is 0 Å². The number of rotatable bonds is 2. The Kier molecular flexibility index (Phi) is 3.00. The molecule has 0 aliphatic heterocycles. The quantitative estimate of drug-likeness (QED) is 0.787. The van der Waals surface area contributed by atoms with Gasteiger partial charge in [-0.3, -0.25) is 4.79 Å². The Balaban J connectivity index is 2.62. The fourth-order valence-electron chi connectivity index (χ4n) is 1.48. The van der Waals surface area contributed by atoms with Crippen LogP contribution in [0.2, 0.25) is 0 Å². The van der Waals surface area contributed by atoms with E-state index < -0.39 is 11.5 Å². The maximum atomic E-state index is 11.5. The largest absolute Gasteiger partial charge is 0.465 e. The molecule has 0 atom stereocenters. The van der Waals surface area contributed by atoms with Crippen molar-refractivity contribution in [2.45, 2.75) is 0 Å². The maximum absolute atomic E-state index is 11.5. The molecule has 1 N–H and O–H groups in total. The van der Waals surface area contributed by atoms with Crippen LogP contribution in [-0.4, -0.2) is 23.3 Å². The number of carbonyl (C=O) groups excluding carboxylic acids is 1. The Morgan fingerprint density at radius 3 is 2.65 bits per heavy atom. The number of methoxy groups -OCH3 is 1. The van der Waals surface area contributed by atoms with Crippen molar-refractivity contribution < 1.29 is 9.53 Å². The number of carbonyl (C=O) groups is 1. The molecule has 0 unspecified atom stereocenters. The first-order valence-corrected chi connectivity index (χ1v) is 4.96. The van der Waals surface area contributed by atoms with Crippen molar-refractivity contribution in [2.75, 3.05) is 7.11 Å². The molecule has 5 heteroatoms. The molecule has 0 aliphatic carbocycles. The van der Waals surface area contributed by atoms with Crippen LogP contribution in [0.4, 0.5) is 0 Å². The summed E-state index contributed by atoms with van der Waals surface area (Å²) in [5, 5.41) is 6.18. The summed E-state index contributed by atoms with van der Waals surface area (Å²) < 4.78 is 4.62. The van der Waals surface area contributed by atoms with E-state index in [9.17, 15) is 9.59 Å². The summed E-state index contributed by atoms with van der Waals surface area (Å²) in [4.78, 5) is 22.7. The second kappa shape index (κ2) is 4.61. The molecule has 0 aliphatic rings. The Hall–Kier alpha value is -2.43. The molecule has 5 nitrogen and oxygen atoms in total. The van der Waals surface area contributed by atoms with Gasteiger partial charge in [0, 0.05) is 11.6 Å². The van der Waals surface area contributed by atoms with Crippen LogP contribution in [-0.2, 0) is 4.74 Å². The Bertz CT molecular complexity index is 590. The van der Waals surface area contributed by atoms with E-state index in [1.165, 1.54) is 13.2 Å². The highest BCUT2D eigenvalue weighted by Gasteiger charge is 2.15. The third-order valence-corrected chi connectivity index (χ3v) is 2.26. The maximum Gasteiger partial charge on any atom is 0.340 e. The van der Waals surface area contributed by atoms with E-state index in [4.69, 9.17) is 0 Å². The van der Waals surface area contributed by atoms with E-state index >= 15 is 0 Å². The molecule has 0 saturated carbocycles. The van der Waals surface area contributed by atoms with Gasteiger partial charge >= 0.3 is 5.97 Å². The molecular weight excluding hydrogens is 220 g/mol. The lowest BCUT2D eigenvalue weighted by molar-refractivity contribution is 0.0601. The molecule has 17 heavy (non-hydrogen) atoms. The summed E-state index contributed by atoms with van der Waals surface area (Å²) in [5.74, 6) is -0.581. The van der Waals surface area contributed by atoms with E-state index in [0.29, 0.717) is 5.69 Å². The SMILES string of the molecule is COC(=O)c1cc(=O)[nH]nc1-c1ccccc1. The second-order valence-corrected chi connectivity index (χ2v) is 3.35. The summed E-state index contributed by atoms with van der Waals surface area (Å²) in [7, 11) is 1.26. The van der Waals surface area contributed by atoms with Crippen LogP contribution in [0.5, 0.6) is 0 Å². The van der Waals surface area contributed by atoms with Crippen molar-refractivity contribution in [3.8, 4) is 11.3 Å². The molecule has 0 amide bonds. The monoisotopic (exact) mass is 230 g/mol. The van der Waals surface area contributed by atoms with Crippen LogP contribution in [0.3, 0.4) is 0 Å². The van der Waals surface area contributed by atoms with Gasteiger partial charge in [-0.05, 0) is 0 Å². The van der Waals surface area contributed by atoms with Crippen LogP contribution >= 0.6 is 0 Å². The van der Waals surface area contributed by atoms with Crippen molar-refractivity contribution in [3.05, 3.63) is 52.3 Å². The number of nitrogens with zero attached hydrogens (tertiary/aromatic N) is 1. The molecule has 1 aromatic carbocycles. The van der Waals surface area contributed by atoms with Crippen LogP contribution in [0.1, 0.15) is 10.4 Å². The predicted octanol–water partition coefficient (Wildman–Crippen LogP) is 1.22. The summed E-state index contributed by atoms with van der Waals surface area (Å²) in [6, 6.07) is 10.3. The molecule has 2 aromatic rings. The molecule has 0 radical (unpaired) electrons. The van der Waals surface area contributed by atoms with E-state index in [2.05, 4.69) is 14.9 Å². The van der Waals surface area contributed by atoms with Gasteiger partial charge in [0.15, 0.2) is 0 Å². The molecule has 1 heterocycles. The minimum atomic E-state index is -0.581. The van der Waals surface area contributed by atoms with Gasteiger partial charge < -0.3 is 4.74 Å². The third-order valence-electron chi connectivity index (χ3n) is 2.26. The first-order chi connectivity index (χ1) is 8.22. The van der Waals surface area contributed by atoms with Crippen LogP contribution in [0, 0.1) is 0 Å². The molecule has 0 saturated heterocycles. The van der Waals surface area contributed by atoms with E-state index in [1.807, 2.05) is 18.2 Å². The number of hydrogen-bond donors (Lipinski definition) is 1. The number of aromatic amines is 1. The first-order valence-electron chi connectivity index (χ1n) is 4.96. The Labute approximate surface area is 97.1 Å². The highest BCUT2D eigenvalue weighted by Crippen LogP contribution is 2.19. The molecule has 0 spiro atoms. The van der Waals surface area contributed by atoms with Gasteiger partial charge in [-0.1, -0.05) is 30.3 Å². The lowest BCUT2D eigenvalue weighted by atomic mass is 10.1. The number of H-pyrrole nitrogens is 1. The van der Waals surface area contributed by atoms with Gasteiger partial charge in [0.25, 0.3) is 5.56 Å². The Morgan fingerprint density at radius 1 is 1.29 bits per heavy atom. The number of ether oxygens (including phenoxy) is 1. The van der Waals surface area contributed by atoms with Crippen molar-refractivity contribution in [1.82, 2.24) is 10.2 Å². The minimum Gasteiger partial charge on any atom is -0.465 e. The molecule has 2 rings (SSSR count). The van der Waals surface area contributed by atoms with Crippen molar-refractivity contribution in [2.24, 2.45) is 0 Å². The zero-order valence-electron chi connectivity index (χ0n) is 9.14. The van der Waals surface area contributed by atoms with Crippen LogP contribution in [0.25, 0.3) is 11.3 Å². The number of benzene rings is 1. The fraction of sp³-hybridized carbons (Fsp3) is 0.0833. The second-order valence-electron chi connectivity index (χ2n) is 3.35. The van der Waals surface area contributed by atoms with E-state index in [-0.39, 0.29) is 5.56 Å². The summed E-state index contributed by atoms with van der Waals surface area (Å²) in [6.07, 6.45) is 0. The lowest BCUT2D eigenvalue weighted by Gasteiger charge is -2.05. The average molecular weight is 230 g/mol. The highest BCUT2D eigenvalue weighted by atomic mass is 16.5. The average Bonchev–Trinajstić information content (AvgIpc) is 2.38. The van der Waals surface area contributed by atoms with Gasteiger partial charge in [-0.25, -0.2) is 9.89 Å². The summed E-state index contributed by atoms with van der Waals surface area (Å²) in [5.41, 5.74) is 0.855. The zero-order chi connectivity index (χ0) is 12.3. The summed E-state index contributed by atoms with van der Waals surface area (Å²) >= 11 is 0. The van der Waals surface area contributed by atoms with Crippen LogP contribution < -0.4 is 5.56 Å². The van der Waals surface area contributed by atoms with Gasteiger partial charge in [0.05, 0.1) is 12.7 Å². The van der Waals surface area contributed by atoms with Gasteiger partial charge in [0.2, 0.25) is 0 Å². The Morgan fingerprint density at radius 2 is 2.00 bits per heavy atom. The highest BCUT2D eigenvalue weighted by molar-refractivity contribution is 5.95. The standard InChI is InChI=1S/C12H10N2O3/c1-17-12(16)9-7-10(15)13-14-11(9)8-5-3-2-4-6-8/h2-7H,1H3,(H,13,15). The van der Waals surface area contributed by atoms with Crippen LogP contribution in [0.15, 0.2) is 41.2 Å². The third kappa shape index (κ3) is 2.23.